The van der Waals surface area contributed by atoms with Gasteiger partial charge >= 0.3 is 5.97 Å². The number of hydrogen-bond acceptors (Lipinski definition) is 4. The predicted molar refractivity (Wildman–Crippen MR) is 76.6 cm³/mol. The largest absolute Gasteiger partial charge is 0.511 e. The highest BCUT2D eigenvalue weighted by atomic mass is 16.4. The van der Waals surface area contributed by atoms with Crippen molar-refractivity contribution in [3.05, 3.63) is 30.6 Å². The summed E-state index contributed by atoms with van der Waals surface area (Å²) in [5, 5.41) is 21.2. The van der Waals surface area contributed by atoms with Gasteiger partial charge in [-0.2, -0.15) is 0 Å². The molecule has 1 unspecified atom stereocenters. The minimum atomic E-state index is -0.966. The third-order valence-corrected chi connectivity index (χ3v) is 3.27. The maximum Gasteiger partial charge on any atom is 0.309 e. The molecule has 0 bridgehead atoms. The van der Waals surface area contributed by atoms with Crippen LogP contribution in [0.3, 0.4) is 0 Å². The molecule has 1 aromatic rings. The molecule has 4 N–H and O–H groups in total. The number of aliphatic hydroxyl groups is 1. The first-order valence-corrected chi connectivity index (χ1v) is 6.60. The lowest BCUT2D eigenvalue weighted by molar-refractivity contribution is -0.147. The maximum absolute atomic E-state index is 11.9. The highest BCUT2D eigenvalue weighted by molar-refractivity contribution is 5.78. The fraction of sp³-hybridized carbons (Fsp3) is 0.500. The number of carbonyl (C=O) groups excluding carboxylic acids is 1. The zero-order chi connectivity index (χ0) is 16.0. The van der Waals surface area contributed by atoms with E-state index in [9.17, 15) is 14.7 Å². The molecule has 0 aliphatic rings. The number of carboxylic acid groups (broad SMARTS) is 1. The fourth-order valence-electron chi connectivity index (χ4n) is 1.67. The van der Waals surface area contributed by atoms with Gasteiger partial charge in [-0.1, -0.05) is 6.58 Å². The Morgan fingerprint density at radius 3 is 2.62 bits per heavy atom. The normalized spacial score (nSPS) is 12.7. The lowest BCUT2D eigenvalue weighted by Crippen LogP contribution is -2.38. The molecule has 1 amide bonds. The molecule has 0 saturated carbocycles. The Labute approximate surface area is 123 Å². The Hall–Kier alpha value is -2.31. The Kier molecular flexibility index (Phi) is 5.52. The summed E-state index contributed by atoms with van der Waals surface area (Å²) in [4.78, 5) is 29.6. The van der Waals surface area contributed by atoms with Crippen molar-refractivity contribution in [1.29, 1.82) is 0 Å². The summed E-state index contributed by atoms with van der Waals surface area (Å²) in [6.07, 6.45) is 3.71. The van der Waals surface area contributed by atoms with E-state index in [0.29, 0.717) is 6.42 Å². The van der Waals surface area contributed by atoms with Crippen molar-refractivity contribution in [2.75, 3.05) is 0 Å². The highest BCUT2D eigenvalue weighted by Crippen LogP contribution is 2.22. The third kappa shape index (κ3) is 5.29. The average molecular weight is 295 g/mol. The molecule has 1 atom stereocenters. The van der Waals surface area contributed by atoms with E-state index in [0.717, 1.165) is 5.69 Å². The minimum absolute atomic E-state index is 0.0616. The number of aliphatic hydroxyl groups excluding tert-OH is 1. The molecule has 7 nitrogen and oxygen atoms in total. The van der Waals surface area contributed by atoms with Crippen molar-refractivity contribution in [1.82, 2.24) is 15.3 Å². The van der Waals surface area contributed by atoms with Crippen LogP contribution >= 0.6 is 0 Å². The highest BCUT2D eigenvalue weighted by Gasteiger charge is 2.28. The summed E-state index contributed by atoms with van der Waals surface area (Å²) < 4.78 is 0. The van der Waals surface area contributed by atoms with Gasteiger partial charge in [0.2, 0.25) is 5.91 Å². The van der Waals surface area contributed by atoms with E-state index in [1.807, 2.05) is 0 Å². The Bertz CT molecular complexity index is 508. The quantitative estimate of drug-likeness (QED) is 0.541. The summed E-state index contributed by atoms with van der Waals surface area (Å²) in [5.41, 5.74) is -0.215. The Morgan fingerprint density at radius 2 is 2.14 bits per heavy atom. The predicted octanol–water partition coefficient (Wildman–Crippen LogP) is 1.40. The molecular weight excluding hydrogens is 274 g/mol. The van der Waals surface area contributed by atoms with E-state index in [4.69, 9.17) is 5.11 Å². The Balaban J connectivity index is 2.53. The average Bonchev–Trinajstić information content (AvgIpc) is 2.88. The first-order chi connectivity index (χ1) is 9.72. The van der Waals surface area contributed by atoms with Gasteiger partial charge in [0.15, 0.2) is 0 Å². The molecule has 1 aromatic heterocycles. The van der Waals surface area contributed by atoms with Gasteiger partial charge in [-0.25, -0.2) is 4.98 Å². The number of carbonyl (C=O) groups is 2. The third-order valence-electron chi connectivity index (χ3n) is 3.27. The first-order valence-electron chi connectivity index (χ1n) is 6.60. The number of aromatic amines is 1. The molecule has 0 aliphatic heterocycles. The van der Waals surface area contributed by atoms with Crippen molar-refractivity contribution >= 4 is 11.9 Å². The van der Waals surface area contributed by atoms with Gasteiger partial charge in [0.1, 0.15) is 5.76 Å². The van der Waals surface area contributed by atoms with E-state index in [1.54, 1.807) is 20.0 Å². The van der Waals surface area contributed by atoms with Crippen molar-refractivity contribution < 1.29 is 19.8 Å². The van der Waals surface area contributed by atoms with Crippen molar-refractivity contribution in [3.8, 4) is 0 Å². The number of amides is 1. The van der Waals surface area contributed by atoms with Crippen LogP contribution in [0.5, 0.6) is 0 Å². The number of aromatic nitrogens is 2. The van der Waals surface area contributed by atoms with Gasteiger partial charge in [0.05, 0.1) is 17.8 Å². The van der Waals surface area contributed by atoms with Crippen LogP contribution in [0, 0.1) is 5.41 Å². The van der Waals surface area contributed by atoms with E-state index < -0.39 is 17.4 Å². The van der Waals surface area contributed by atoms with E-state index in [-0.39, 0.29) is 24.5 Å². The molecule has 0 aliphatic carbocycles. The van der Waals surface area contributed by atoms with Crippen molar-refractivity contribution in [2.24, 2.45) is 5.41 Å². The minimum Gasteiger partial charge on any atom is -0.511 e. The summed E-state index contributed by atoms with van der Waals surface area (Å²) in [7, 11) is 0. The Morgan fingerprint density at radius 1 is 1.48 bits per heavy atom. The van der Waals surface area contributed by atoms with Crippen LogP contribution in [-0.2, 0) is 16.0 Å². The van der Waals surface area contributed by atoms with Gasteiger partial charge < -0.3 is 20.5 Å². The number of hydrogen-bond donors (Lipinski definition) is 4. The first kappa shape index (κ1) is 16.7. The molecule has 7 heteroatoms. The molecule has 0 saturated heterocycles. The van der Waals surface area contributed by atoms with Crippen LogP contribution in [-0.4, -0.2) is 38.1 Å². The molecule has 0 radical (unpaired) electrons. The molecule has 21 heavy (non-hydrogen) atoms. The molecule has 0 aromatic carbocycles. The van der Waals surface area contributed by atoms with Gasteiger partial charge in [0, 0.05) is 24.7 Å². The van der Waals surface area contributed by atoms with Crippen molar-refractivity contribution in [3.63, 3.8) is 0 Å². The molecule has 1 heterocycles. The zero-order valence-corrected chi connectivity index (χ0v) is 12.2. The number of carboxylic acids is 1. The van der Waals surface area contributed by atoms with E-state index in [1.165, 1.54) is 6.33 Å². The van der Waals surface area contributed by atoms with Gasteiger partial charge in [-0.05, 0) is 20.3 Å². The number of aliphatic carboxylic acids is 1. The lowest BCUT2D eigenvalue weighted by Gasteiger charge is -2.20. The van der Waals surface area contributed by atoms with Crippen LogP contribution in [0.25, 0.3) is 0 Å². The van der Waals surface area contributed by atoms with Crippen molar-refractivity contribution in [2.45, 2.75) is 39.2 Å². The molecular formula is C14H21N3O4. The topological polar surface area (TPSA) is 115 Å². The SMILES string of the molecule is C=C(O)C(Cc1cnc[nH]1)NC(=O)CCC(C)(C)C(=O)O. The van der Waals surface area contributed by atoms with Crippen LogP contribution in [0.1, 0.15) is 32.4 Å². The summed E-state index contributed by atoms with van der Waals surface area (Å²) in [6.45, 7) is 6.57. The second-order valence-electron chi connectivity index (χ2n) is 5.58. The molecule has 1 rings (SSSR count). The van der Waals surface area contributed by atoms with E-state index in [2.05, 4.69) is 21.9 Å². The number of rotatable bonds is 8. The second kappa shape index (κ2) is 6.92. The van der Waals surface area contributed by atoms with Gasteiger partial charge in [-0.3, -0.25) is 9.59 Å². The summed E-state index contributed by atoms with van der Waals surface area (Å²) in [5.74, 6) is -1.43. The zero-order valence-electron chi connectivity index (χ0n) is 12.2. The monoisotopic (exact) mass is 295 g/mol. The number of nitrogens with zero attached hydrogens (tertiary/aromatic N) is 1. The molecule has 0 spiro atoms. The van der Waals surface area contributed by atoms with E-state index >= 15 is 0 Å². The standard InChI is InChI=1S/C14H21N3O4/c1-9(18)11(6-10-7-15-8-16-10)17-12(19)4-5-14(2,3)13(20)21/h7-8,11,18H,1,4-6H2,2-3H3,(H,15,16)(H,17,19)(H,20,21). The molecule has 0 fully saturated rings. The van der Waals surface area contributed by atoms with Gasteiger partial charge in [-0.15, -0.1) is 0 Å². The summed E-state index contributed by atoms with van der Waals surface area (Å²) in [6, 6.07) is -0.633. The number of nitrogens with one attached hydrogen (secondary N) is 2. The van der Waals surface area contributed by atoms with Gasteiger partial charge in [0.25, 0.3) is 0 Å². The fourth-order valence-corrected chi connectivity index (χ4v) is 1.67. The maximum atomic E-state index is 11.9. The smallest absolute Gasteiger partial charge is 0.309 e. The molecule has 116 valence electrons. The van der Waals surface area contributed by atoms with Crippen LogP contribution < -0.4 is 5.32 Å². The second-order valence-corrected chi connectivity index (χ2v) is 5.58. The number of imidazole rings is 1. The van der Waals surface area contributed by atoms with Crippen LogP contribution in [0.2, 0.25) is 0 Å². The van der Waals surface area contributed by atoms with Crippen LogP contribution in [0.4, 0.5) is 0 Å². The lowest BCUT2D eigenvalue weighted by atomic mass is 9.88. The number of H-pyrrole nitrogens is 1. The van der Waals surface area contributed by atoms with Crippen LogP contribution in [0.15, 0.2) is 24.9 Å². The summed E-state index contributed by atoms with van der Waals surface area (Å²) >= 11 is 0.